The number of carbonyl (C=O) groups is 1. The zero-order valence-corrected chi connectivity index (χ0v) is 16.3. The van der Waals surface area contributed by atoms with Crippen molar-refractivity contribution in [2.75, 3.05) is 6.61 Å². The molecule has 0 spiro atoms. The van der Waals surface area contributed by atoms with Gasteiger partial charge in [-0.3, -0.25) is 0 Å². The largest absolute Gasteiger partial charge is 0.508 e. The van der Waals surface area contributed by atoms with Crippen molar-refractivity contribution in [1.82, 2.24) is 10.3 Å². The number of halogens is 1. The molecule has 1 aliphatic carbocycles. The molecule has 0 bridgehead atoms. The molecule has 6 nitrogen and oxygen atoms in total. The minimum Gasteiger partial charge on any atom is -0.508 e. The number of hydrogen-bond acceptors (Lipinski definition) is 5. The Hall–Kier alpha value is -2.47. The Bertz CT molecular complexity index is 827. The van der Waals surface area contributed by atoms with Crippen LogP contribution in [0.25, 0.3) is 11.1 Å². The summed E-state index contributed by atoms with van der Waals surface area (Å²) in [7, 11) is 0. The molecule has 1 aliphatic rings. The summed E-state index contributed by atoms with van der Waals surface area (Å²) < 4.78 is 11.2. The van der Waals surface area contributed by atoms with E-state index in [9.17, 15) is 9.90 Å². The van der Waals surface area contributed by atoms with Crippen molar-refractivity contribution >= 4 is 17.7 Å². The molecule has 0 radical (unpaired) electrons. The predicted molar refractivity (Wildman–Crippen MR) is 103 cm³/mol. The Balaban J connectivity index is 1.65. The van der Waals surface area contributed by atoms with Gasteiger partial charge in [0, 0.05) is 5.56 Å². The Morgan fingerprint density at radius 3 is 2.56 bits per heavy atom. The average molecular weight is 391 g/mol. The number of nitrogens with zero attached hydrogens (tertiary/aromatic N) is 1. The van der Waals surface area contributed by atoms with Gasteiger partial charge in [0.2, 0.25) is 0 Å². The van der Waals surface area contributed by atoms with E-state index in [1.165, 1.54) is 0 Å². The van der Waals surface area contributed by atoms with Gasteiger partial charge in [-0.25, -0.2) is 9.78 Å². The molecule has 27 heavy (non-hydrogen) atoms. The molecule has 1 aromatic heterocycles. The maximum Gasteiger partial charge on any atom is 0.408 e. The lowest BCUT2D eigenvalue weighted by atomic mass is 10.1. The van der Waals surface area contributed by atoms with E-state index in [4.69, 9.17) is 21.1 Å². The maximum atomic E-state index is 12.0. The number of carbonyl (C=O) groups excluding carboxylic acids is 1. The molecule has 7 heteroatoms. The van der Waals surface area contributed by atoms with Crippen LogP contribution in [0.3, 0.4) is 0 Å². The number of phenolic OH excluding ortho intramolecular Hbond substituents is 1. The number of rotatable bonds is 5. The normalized spacial score (nSPS) is 15.1. The molecule has 1 amide bonds. The van der Waals surface area contributed by atoms with E-state index in [0.29, 0.717) is 23.1 Å². The SMILES string of the molecule is CC(C)(C)OC(=O)NC1(COc2cnc(Cl)c(-c3ccc(O)cc3)c2)CC1. The van der Waals surface area contributed by atoms with Crippen LogP contribution in [0.2, 0.25) is 5.15 Å². The Labute approximate surface area is 163 Å². The molecule has 0 unspecified atom stereocenters. The zero-order valence-electron chi connectivity index (χ0n) is 15.6. The first-order valence-electron chi connectivity index (χ1n) is 8.75. The predicted octanol–water partition coefficient (Wildman–Crippen LogP) is 4.54. The minimum absolute atomic E-state index is 0.180. The second-order valence-electron chi connectivity index (χ2n) is 7.75. The zero-order chi connectivity index (χ0) is 19.7. The van der Waals surface area contributed by atoms with E-state index < -0.39 is 17.2 Å². The molecule has 1 saturated carbocycles. The molecule has 2 aromatic rings. The molecule has 1 aromatic carbocycles. The fraction of sp³-hybridized carbons (Fsp3) is 0.400. The van der Waals surface area contributed by atoms with Crippen molar-refractivity contribution in [3.8, 4) is 22.6 Å². The van der Waals surface area contributed by atoms with Gasteiger partial charge < -0.3 is 19.9 Å². The molecular weight excluding hydrogens is 368 g/mol. The molecule has 2 N–H and O–H groups in total. The van der Waals surface area contributed by atoms with E-state index in [1.54, 1.807) is 36.5 Å². The second kappa shape index (κ2) is 7.27. The Morgan fingerprint density at radius 1 is 1.30 bits per heavy atom. The summed E-state index contributed by atoms with van der Waals surface area (Å²) in [5, 5.41) is 12.7. The van der Waals surface area contributed by atoms with Crippen LogP contribution < -0.4 is 10.1 Å². The summed E-state index contributed by atoms with van der Waals surface area (Å²) in [6.45, 7) is 5.80. The van der Waals surface area contributed by atoms with E-state index in [-0.39, 0.29) is 5.75 Å². The van der Waals surface area contributed by atoms with Crippen molar-refractivity contribution in [3.63, 3.8) is 0 Å². The van der Waals surface area contributed by atoms with Gasteiger partial charge in [0.05, 0.1) is 11.7 Å². The summed E-state index contributed by atoms with van der Waals surface area (Å²) in [4.78, 5) is 16.2. The lowest BCUT2D eigenvalue weighted by Crippen LogP contribution is -2.44. The van der Waals surface area contributed by atoms with E-state index in [0.717, 1.165) is 18.4 Å². The molecule has 0 aliphatic heterocycles. The van der Waals surface area contributed by atoms with Gasteiger partial charge in [-0.1, -0.05) is 23.7 Å². The third kappa shape index (κ3) is 5.26. The van der Waals surface area contributed by atoms with Crippen molar-refractivity contribution in [2.24, 2.45) is 0 Å². The molecule has 3 rings (SSSR count). The lowest BCUT2D eigenvalue weighted by molar-refractivity contribution is 0.0477. The summed E-state index contributed by atoms with van der Waals surface area (Å²) in [5.74, 6) is 0.735. The van der Waals surface area contributed by atoms with Crippen LogP contribution in [-0.4, -0.2) is 33.9 Å². The van der Waals surface area contributed by atoms with Gasteiger partial charge in [0.15, 0.2) is 0 Å². The van der Waals surface area contributed by atoms with Gasteiger partial charge in [-0.05, 0) is 57.4 Å². The third-order valence-electron chi connectivity index (χ3n) is 4.13. The number of hydrogen-bond donors (Lipinski definition) is 2. The fourth-order valence-electron chi connectivity index (χ4n) is 2.55. The monoisotopic (exact) mass is 390 g/mol. The summed E-state index contributed by atoms with van der Waals surface area (Å²) >= 11 is 6.20. The number of amides is 1. The van der Waals surface area contributed by atoms with Crippen LogP contribution in [0.1, 0.15) is 33.6 Å². The van der Waals surface area contributed by atoms with E-state index >= 15 is 0 Å². The molecular formula is C20H23ClN2O4. The highest BCUT2D eigenvalue weighted by atomic mass is 35.5. The lowest BCUT2D eigenvalue weighted by Gasteiger charge is -2.23. The summed E-state index contributed by atoms with van der Waals surface area (Å²) in [5.41, 5.74) is 0.587. The number of ether oxygens (including phenoxy) is 2. The number of nitrogens with one attached hydrogen (secondary N) is 1. The Kier molecular flexibility index (Phi) is 5.20. The van der Waals surface area contributed by atoms with Gasteiger partial charge in [-0.2, -0.15) is 0 Å². The van der Waals surface area contributed by atoms with E-state index in [2.05, 4.69) is 10.3 Å². The maximum absolute atomic E-state index is 12.0. The quantitative estimate of drug-likeness (QED) is 0.732. The van der Waals surface area contributed by atoms with Crippen LogP contribution in [0, 0.1) is 0 Å². The highest BCUT2D eigenvalue weighted by Gasteiger charge is 2.46. The number of aromatic nitrogens is 1. The number of alkyl carbamates (subject to hydrolysis) is 1. The number of phenols is 1. The second-order valence-corrected chi connectivity index (χ2v) is 8.11. The first-order chi connectivity index (χ1) is 12.7. The van der Waals surface area contributed by atoms with E-state index in [1.807, 2.05) is 20.8 Å². The number of pyridine rings is 1. The van der Waals surface area contributed by atoms with Crippen LogP contribution >= 0.6 is 11.6 Å². The average Bonchev–Trinajstić information content (AvgIpc) is 3.33. The highest BCUT2D eigenvalue weighted by molar-refractivity contribution is 6.32. The standard InChI is InChI=1S/C20H23ClN2O4/c1-19(2,3)27-18(25)23-20(8-9-20)12-26-15-10-16(17(21)22-11-15)13-4-6-14(24)7-5-13/h4-7,10-11,24H,8-9,12H2,1-3H3,(H,23,25). The Morgan fingerprint density at radius 2 is 1.96 bits per heavy atom. The highest BCUT2D eigenvalue weighted by Crippen LogP contribution is 2.37. The van der Waals surface area contributed by atoms with Crippen molar-refractivity contribution < 1.29 is 19.4 Å². The van der Waals surface area contributed by atoms with Gasteiger partial charge in [0.25, 0.3) is 0 Å². The molecule has 144 valence electrons. The summed E-state index contributed by atoms with van der Waals surface area (Å²) in [6, 6.07) is 8.49. The topological polar surface area (TPSA) is 80.7 Å². The molecule has 1 fully saturated rings. The molecule has 0 saturated heterocycles. The van der Waals surface area contributed by atoms with Gasteiger partial charge >= 0.3 is 6.09 Å². The van der Waals surface area contributed by atoms with Crippen molar-refractivity contribution in [1.29, 1.82) is 0 Å². The van der Waals surface area contributed by atoms with Gasteiger partial charge in [-0.15, -0.1) is 0 Å². The van der Waals surface area contributed by atoms with Crippen LogP contribution in [0.15, 0.2) is 36.5 Å². The minimum atomic E-state index is -0.542. The van der Waals surface area contributed by atoms with Crippen LogP contribution in [0.5, 0.6) is 11.5 Å². The van der Waals surface area contributed by atoms with Crippen LogP contribution in [-0.2, 0) is 4.74 Å². The van der Waals surface area contributed by atoms with Gasteiger partial charge in [0.1, 0.15) is 28.9 Å². The first kappa shape index (κ1) is 19.3. The first-order valence-corrected chi connectivity index (χ1v) is 9.13. The number of aromatic hydroxyl groups is 1. The van der Waals surface area contributed by atoms with Crippen molar-refractivity contribution in [2.45, 2.75) is 44.8 Å². The smallest absolute Gasteiger partial charge is 0.408 e. The fourth-order valence-corrected chi connectivity index (χ4v) is 2.76. The molecule has 0 atom stereocenters. The molecule has 1 heterocycles. The number of benzene rings is 1. The van der Waals surface area contributed by atoms with Crippen LogP contribution in [0.4, 0.5) is 4.79 Å². The van der Waals surface area contributed by atoms with Crippen molar-refractivity contribution in [3.05, 3.63) is 41.7 Å². The third-order valence-corrected chi connectivity index (χ3v) is 4.43. The summed E-state index contributed by atoms with van der Waals surface area (Å²) in [6.07, 6.45) is 2.77.